The average molecular weight is 345 g/mol. The Morgan fingerprint density at radius 1 is 1.24 bits per heavy atom. The van der Waals surface area contributed by atoms with Gasteiger partial charge in [-0.1, -0.05) is 31.1 Å². The third-order valence-corrected chi connectivity index (χ3v) is 4.20. The molecule has 2 atom stereocenters. The Balaban J connectivity index is 2.03. The molecule has 6 nitrogen and oxygen atoms in total. The van der Waals surface area contributed by atoms with Crippen LogP contribution in [0.25, 0.3) is 0 Å². The van der Waals surface area contributed by atoms with Gasteiger partial charge in [0.05, 0.1) is 24.3 Å². The second-order valence-corrected chi connectivity index (χ2v) is 6.51. The highest BCUT2D eigenvalue weighted by atomic mass is 16.5. The predicted molar refractivity (Wildman–Crippen MR) is 97.3 cm³/mol. The molecule has 0 aliphatic rings. The van der Waals surface area contributed by atoms with Crippen molar-refractivity contribution in [3.8, 4) is 0 Å². The number of benzene rings is 1. The largest absolute Gasteiger partial charge is 0.380 e. The Hall–Kier alpha value is -2.18. The first kappa shape index (κ1) is 19.1. The van der Waals surface area contributed by atoms with Crippen LogP contribution in [-0.2, 0) is 16.1 Å². The van der Waals surface area contributed by atoms with E-state index in [4.69, 9.17) is 9.26 Å². The number of nitrogens with zero attached hydrogens (tertiary/aromatic N) is 1. The highest BCUT2D eigenvalue weighted by Gasteiger charge is 2.24. The van der Waals surface area contributed by atoms with Crippen LogP contribution in [0, 0.1) is 5.92 Å². The van der Waals surface area contributed by atoms with Gasteiger partial charge in [-0.3, -0.25) is 4.79 Å². The van der Waals surface area contributed by atoms with Crippen molar-refractivity contribution in [1.82, 2.24) is 10.5 Å². The Kier molecular flexibility index (Phi) is 6.73. The second-order valence-electron chi connectivity index (χ2n) is 6.51. The number of hydrogen-bond donors (Lipinski definition) is 2. The summed E-state index contributed by atoms with van der Waals surface area (Å²) in [5.74, 6) is 0.585. The van der Waals surface area contributed by atoms with E-state index in [1.165, 1.54) is 0 Å². The number of rotatable bonds is 8. The summed E-state index contributed by atoms with van der Waals surface area (Å²) in [6.07, 6.45) is 0. The van der Waals surface area contributed by atoms with E-state index in [2.05, 4.69) is 29.6 Å². The zero-order valence-electron chi connectivity index (χ0n) is 15.5. The smallest absolute Gasteiger partial charge is 0.233 e. The average Bonchev–Trinajstić information content (AvgIpc) is 3.06. The predicted octanol–water partition coefficient (Wildman–Crippen LogP) is 3.48. The van der Waals surface area contributed by atoms with Crippen LogP contribution in [0.15, 0.2) is 34.9 Å². The summed E-state index contributed by atoms with van der Waals surface area (Å²) in [4.78, 5) is 12.5. The van der Waals surface area contributed by atoms with Gasteiger partial charge in [-0.05, 0) is 37.6 Å². The van der Waals surface area contributed by atoms with Crippen LogP contribution in [0.2, 0.25) is 0 Å². The molecule has 0 fully saturated rings. The Labute approximate surface area is 148 Å². The van der Waals surface area contributed by atoms with E-state index < -0.39 is 5.92 Å². The van der Waals surface area contributed by atoms with Crippen LogP contribution in [0.1, 0.15) is 49.7 Å². The molecule has 0 aliphatic carbocycles. The van der Waals surface area contributed by atoms with E-state index in [1.54, 1.807) is 7.11 Å². The lowest BCUT2D eigenvalue weighted by Gasteiger charge is -2.16. The molecular formula is C19H27N3O3. The molecule has 1 aromatic carbocycles. The molecule has 2 N–H and O–H groups in total. The summed E-state index contributed by atoms with van der Waals surface area (Å²) in [6.45, 7) is 6.58. The molecule has 25 heavy (non-hydrogen) atoms. The highest BCUT2D eigenvalue weighted by molar-refractivity contribution is 5.95. The molecule has 0 saturated heterocycles. The fourth-order valence-corrected chi connectivity index (χ4v) is 2.69. The lowest BCUT2D eigenvalue weighted by atomic mass is 10.00. The Morgan fingerprint density at radius 3 is 2.48 bits per heavy atom. The lowest BCUT2D eigenvalue weighted by Crippen LogP contribution is -2.21. The first-order valence-electron chi connectivity index (χ1n) is 8.48. The van der Waals surface area contributed by atoms with Crippen molar-refractivity contribution in [2.45, 2.75) is 39.3 Å². The number of anilines is 1. The molecule has 1 heterocycles. The Bertz CT molecular complexity index is 679. The van der Waals surface area contributed by atoms with Gasteiger partial charge in [0, 0.05) is 18.9 Å². The summed E-state index contributed by atoms with van der Waals surface area (Å²) in [6, 6.07) is 9.51. The SMILES string of the molecule is CN[C@H](c1cc(C(C)C(=O)Nc2ccc(COC)cc2)no1)C(C)C. The number of carbonyl (C=O) groups is 1. The third kappa shape index (κ3) is 4.90. The second kappa shape index (κ2) is 8.78. The minimum absolute atomic E-state index is 0.0739. The van der Waals surface area contributed by atoms with Gasteiger partial charge in [0.25, 0.3) is 0 Å². The number of nitrogens with one attached hydrogen (secondary N) is 2. The van der Waals surface area contributed by atoms with Crippen LogP contribution >= 0.6 is 0 Å². The van der Waals surface area contributed by atoms with Gasteiger partial charge in [-0.2, -0.15) is 0 Å². The molecule has 0 radical (unpaired) electrons. The van der Waals surface area contributed by atoms with Crippen molar-refractivity contribution >= 4 is 11.6 Å². The van der Waals surface area contributed by atoms with E-state index in [1.807, 2.05) is 44.3 Å². The molecule has 1 aromatic heterocycles. The highest BCUT2D eigenvalue weighted by Crippen LogP contribution is 2.25. The lowest BCUT2D eigenvalue weighted by molar-refractivity contribution is -0.117. The normalized spacial score (nSPS) is 13.7. The van der Waals surface area contributed by atoms with Crippen molar-refractivity contribution in [1.29, 1.82) is 0 Å². The van der Waals surface area contributed by atoms with E-state index in [0.29, 0.717) is 18.2 Å². The van der Waals surface area contributed by atoms with Crippen molar-refractivity contribution < 1.29 is 14.1 Å². The number of hydrogen-bond acceptors (Lipinski definition) is 5. The molecule has 6 heteroatoms. The van der Waals surface area contributed by atoms with Gasteiger partial charge in [0.1, 0.15) is 0 Å². The fraction of sp³-hybridized carbons (Fsp3) is 0.474. The number of carbonyl (C=O) groups excluding carboxylic acids is 1. The van der Waals surface area contributed by atoms with E-state index in [9.17, 15) is 4.79 Å². The minimum atomic E-state index is -0.402. The van der Waals surface area contributed by atoms with E-state index >= 15 is 0 Å². The summed E-state index contributed by atoms with van der Waals surface area (Å²) in [5.41, 5.74) is 2.43. The van der Waals surface area contributed by atoms with Crippen LogP contribution < -0.4 is 10.6 Å². The summed E-state index contributed by atoms with van der Waals surface area (Å²) < 4.78 is 10.5. The van der Waals surface area contributed by atoms with Gasteiger partial charge < -0.3 is 19.9 Å². The minimum Gasteiger partial charge on any atom is -0.380 e. The topological polar surface area (TPSA) is 76.4 Å². The van der Waals surface area contributed by atoms with Crippen molar-refractivity contribution in [3.63, 3.8) is 0 Å². The molecule has 2 rings (SSSR count). The standard InChI is InChI=1S/C19H27N3O3/c1-12(2)18(20-4)17-10-16(22-25-17)13(3)19(23)21-15-8-6-14(7-9-15)11-24-5/h6-10,12-13,18,20H,11H2,1-5H3,(H,21,23)/t13?,18-/m0/s1. The van der Waals surface area contributed by atoms with Crippen molar-refractivity contribution in [2.24, 2.45) is 5.92 Å². The number of aromatic nitrogens is 1. The van der Waals surface area contributed by atoms with Gasteiger partial charge >= 0.3 is 0 Å². The molecule has 0 bridgehead atoms. The fourth-order valence-electron chi connectivity index (χ4n) is 2.69. The summed E-state index contributed by atoms with van der Waals surface area (Å²) >= 11 is 0. The summed E-state index contributed by atoms with van der Waals surface area (Å²) in [5, 5.41) is 10.2. The number of methoxy groups -OCH3 is 1. The molecule has 1 unspecified atom stereocenters. The van der Waals surface area contributed by atoms with Crippen molar-refractivity contribution in [3.05, 3.63) is 47.3 Å². The maximum atomic E-state index is 12.5. The summed E-state index contributed by atoms with van der Waals surface area (Å²) in [7, 11) is 3.54. The Morgan fingerprint density at radius 2 is 1.92 bits per heavy atom. The maximum absolute atomic E-state index is 12.5. The zero-order chi connectivity index (χ0) is 18.4. The molecule has 0 aliphatic heterocycles. The zero-order valence-corrected chi connectivity index (χ0v) is 15.5. The van der Waals surface area contributed by atoms with Crippen molar-refractivity contribution in [2.75, 3.05) is 19.5 Å². The quantitative estimate of drug-likeness (QED) is 0.766. The molecule has 0 saturated carbocycles. The van der Waals surface area contributed by atoms with Crippen LogP contribution in [0.4, 0.5) is 5.69 Å². The van der Waals surface area contributed by atoms with E-state index in [-0.39, 0.29) is 11.9 Å². The molecule has 2 aromatic rings. The molecule has 136 valence electrons. The van der Waals surface area contributed by atoms with E-state index in [0.717, 1.165) is 17.0 Å². The van der Waals surface area contributed by atoms with Crippen LogP contribution in [0.3, 0.4) is 0 Å². The monoisotopic (exact) mass is 345 g/mol. The number of amides is 1. The first-order valence-corrected chi connectivity index (χ1v) is 8.48. The third-order valence-electron chi connectivity index (χ3n) is 4.20. The van der Waals surface area contributed by atoms with Gasteiger partial charge in [0.15, 0.2) is 5.76 Å². The van der Waals surface area contributed by atoms with Crippen LogP contribution in [0.5, 0.6) is 0 Å². The molecule has 1 amide bonds. The van der Waals surface area contributed by atoms with Gasteiger partial charge in [-0.15, -0.1) is 0 Å². The van der Waals surface area contributed by atoms with Gasteiger partial charge in [-0.25, -0.2) is 0 Å². The molecule has 0 spiro atoms. The molecular weight excluding hydrogens is 318 g/mol. The first-order chi connectivity index (χ1) is 12.0. The van der Waals surface area contributed by atoms with Crippen LogP contribution in [-0.4, -0.2) is 25.2 Å². The number of ether oxygens (including phenoxy) is 1. The van der Waals surface area contributed by atoms with Gasteiger partial charge in [0.2, 0.25) is 5.91 Å². The maximum Gasteiger partial charge on any atom is 0.233 e.